The van der Waals surface area contributed by atoms with Gasteiger partial charge in [-0.2, -0.15) is 4.98 Å². The van der Waals surface area contributed by atoms with Gasteiger partial charge in [0.15, 0.2) is 5.82 Å². The molecular weight excluding hydrogens is 322 g/mol. The molecule has 1 aliphatic carbocycles. The summed E-state index contributed by atoms with van der Waals surface area (Å²) < 4.78 is 5.66. The van der Waals surface area contributed by atoms with E-state index in [4.69, 9.17) is 9.51 Å². The quantitative estimate of drug-likeness (QED) is 0.819. The van der Waals surface area contributed by atoms with Gasteiger partial charge in [-0.3, -0.25) is 0 Å². The topological polar surface area (TPSA) is 42.2 Å². The van der Waals surface area contributed by atoms with Gasteiger partial charge in [-0.1, -0.05) is 35.5 Å². The summed E-state index contributed by atoms with van der Waals surface area (Å²) in [7, 11) is 0. The Balaban J connectivity index is 1.17. The zero-order valence-corrected chi connectivity index (χ0v) is 15.5. The minimum absolute atomic E-state index is 0.504. The maximum absolute atomic E-state index is 5.66. The third-order valence-corrected chi connectivity index (χ3v) is 7.05. The Morgan fingerprint density at radius 1 is 0.962 bits per heavy atom. The Morgan fingerprint density at radius 3 is 2.42 bits per heavy atom. The lowest BCUT2D eigenvalue weighted by Crippen LogP contribution is -2.46. The lowest BCUT2D eigenvalue weighted by Gasteiger charge is -2.43. The van der Waals surface area contributed by atoms with Crippen molar-refractivity contribution in [3.05, 3.63) is 47.6 Å². The van der Waals surface area contributed by atoms with Crippen LogP contribution in [0.4, 0.5) is 0 Å². The van der Waals surface area contributed by atoms with Crippen LogP contribution < -0.4 is 0 Å². The number of hydrogen-bond donors (Lipinski definition) is 0. The van der Waals surface area contributed by atoms with Crippen molar-refractivity contribution in [3.63, 3.8) is 0 Å². The third-order valence-electron chi connectivity index (χ3n) is 7.05. The standard InChI is InChI=1S/C22H29N3O/c1-2-4-17(5-3-1)18-8-6-16(7-9-18)14-21-23-22(24-26-21)20-15-25-12-10-19(20)11-13-25/h1-5,16,18-20H,6-15H2. The first-order chi connectivity index (χ1) is 12.8. The molecule has 4 nitrogen and oxygen atoms in total. The van der Waals surface area contributed by atoms with E-state index in [1.165, 1.54) is 57.2 Å². The van der Waals surface area contributed by atoms with Gasteiger partial charge in [-0.05, 0) is 74.9 Å². The van der Waals surface area contributed by atoms with Crippen molar-refractivity contribution in [3.8, 4) is 0 Å². The van der Waals surface area contributed by atoms with Crippen LogP contribution in [0.2, 0.25) is 0 Å². The van der Waals surface area contributed by atoms with Gasteiger partial charge in [0, 0.05) is 18.9 Å². The number of hydrogen-bond acceptors (Lipinski definition) is 4. The molecule has 3 saturated heterocycles. The highest BCUT2D eigenvalue weighted by molar-refractivity contribution is 5.20. The summed E-state index contributed by atoms with van der Waals surface area (Å²) in [6.07, 6.45) is 8.70. The normalized spacial score (nSPS) is 34.1. The monoisotopic (exact) mass is 351 g/mol. The van der Waals surface area contributed by atoms with Crippen LogP contribution in [0.15, 0.2) is 34.9 Å². The van der Waals surface area contributed by atoms with Gasteiger partial charge in [0.05, 0.1) is 0 Å². The molecule has 0 spiro atoms. The summed E-state index contributed by atoms with van der Waals surface area (Å²) in [4.78, 5) is 7.38. The number of aromatic nitrogens is 2. The molecule has 0 radical (unpaired) electrons. The van der Waals surface area contributed by atoms with E-state index in [2.05, 4.69) is 40.4 Å². The average molecular weight is 351 g/mol. The molecule has 1 unspecified atom stereocenters. The van der Waals surface area contributed by atoms with Crippen LogP contribution in [-0.2, 0) is 6.42 Å². The predicted molar refractivity (Wildman–Crippen MR) is 101 cm³/mol. The summed E-state index contributed by atoms with van der Waals surface area (Å²) in [6.45, 7) is 3.65. The number of piperidine rings is 3. The van der Waals surface area contributed by atoms with Gasteiger partial charge in [0.1, 0.15) is 0 Å². The van der Waals surface area contributed by atoms with E-state index in [0.29, 0.717) is 11.8 Å². The predicted octanol–water partition coefficient (Wildman–Crippen LogP) is 4.40. The van der Waals surface area contributed by atoms with E-state index in [1.807, 2.05) is 0 Å². The fourth-order valence-corrected chi connectivity index (χ4v) is 5.43. The molecule has 4 aliphatic rings. The number of benzene rings is 1. The summed E-state index contributed by atoms with van der Waals surface area (Å²) in [5, 5.41) is 4.37. The van der Waals surface area contributed by atoms with Crippen molar-refractivity contribution >= 4 is 0 Å². The third kappa shape index (κ3) is 3.32. The molecular formula is C22H29N3O. The van der Waals surface area contributed by atoms with Crippen LogP contribution in [0.5, 0.6) is 0 Å². The molecule has 1 aromatic carbocycles. The van der Waals surface area contributed by atoms with E-state index in [0.717, 1.165) is 36.5 Å². The highest BCUT2D eigenvalue weighted by atomic mass is 16.5. The highest BCUT2D eigenvalue weighted by Crippen LogP contribution is 2.39. The molecule has 4 heterocycles. The van der Waals surface area contributed by atoms with Gasteiger partial charge < -0.3 is 9.42 Å². The Bertz CT molecular complexity index is 712. The second kappa shape index (κ2) is 7.15. The first kappa shape index (κ1) is 16.5. The molecule has 4 fully saturated rings. The van der Waals surface area contributed by atoms with Crippen LogP contribution >= 0.6 is 0 Å². The smallest absolute Gasteiger partial charge is 0.226 e. The molecule has 1 aromatic heterocycles. The van der Waals surface area contributed by atoms with Crippen molar-refractivity contribution < 1.29 is 4.52 Å². The van der Waals surface area contributed by atoms with E-state index >= 15 is 0 Å². The van der Waals surface area contributed by atoms with Crippen LogP contribution in [0.1, 0.15) is 67.6 Å². The van der Waals surface area contributed by atoms with Crippen LogP contribution in [0.3, 0.4) is 0 Å². The molecule has 1 saturated carbocycles. The van der Waals surface area contributed by atoms with E-state index in [1.54, 1.807) is 0 Å². The summed E-state index contributed by atoms with van der Waals surface area (Å²) in [5.41, 5.74) is 1.51. The Kier molecular flexibility index (Phi) is 4.53. The molecule has 3 aliphatic heterocycles. The molecule has 4 heteroatoms. The lowest BCUT2D eigenvalue weighted by molar-refractivity contribution is 0.0825. The molecule has 0 amide bonds. The van der Waals surface area contributed by atoms with Crippen molar-refractivity contribution in [1.29, 1.82) is 0 Å². The van der Waals surface area contributed by atoms with Crippen molar-refractivity contribution in [2.45, 2.75) is 56.8 Å². The number of fused-ring (bicyclic) bond motifs is 3. The van der Waals surface area contributed by atoms with Crippen molar-refractivity contribution in [1.82, 2.24) is 15.0 Å². The maximum Gasteiger partial charge on any atom is 0.226 e. The van der Waals surface area contributed by atoms with E-state index in [-0.39, 0.29) is 0 Å². The van der Waals surface area contributed by atoms with Gasteiger partial charge >= 0.3 is 0 Å². The largest absolute Gasteiger partial charge is 0.339 e. The van der Waals surface area contributed by atoms with Gasteiger partial charge in [0.25, 0.3) is 0 Å². The molecule has 1 atom stereocenters. The zero-order chi connectivity index (χ0) is 17.3. The second-order valence-corrected chi connectivity index (χ2v) is 8.62. The molecule has 2 aromatic rings. The first-order valence-electron chi connectivity index (χ1n) is 10.4. The molecule has 0 N–H and O–H groups in total. The maximum atomic E-state index is 5.66. The minimum Gasteiger partial charge on any atom is -0.339 e. The number of nitrogens with zero attached hydrogens (tertiary/aromatic N) is 3. The van der Waals surface area contributed by atoms with Gasteiger partial charge in [-0.25, -0.2) is 0 Å². The SMILES string of the molecule is c1ccc(C2CCC(Cc3nc(C4CN5CCC4CC5)no3)CC2)cc1. The highest BCUT2D eigenvalue weighted by Gasteiger charge is 2.37. The van der Waals surface area contributed by atoms with Crippen molar-refractivity contribution in [2.24, 2.45) is 11.8 Å². The summed E-state index contributed by atoms with van der Waals surface area (Å²) >= 11 is 0. The summed E-state index contributed by atoms with van der Waals surface area (Å²) in [6, 6.07) is 11.0. The Morgan fingerprint density at radius 2 is 1.73 bits per heavy atom. The second-order valence-electron chi connectivity index (χ2n) is 8.62. The molecule has 138 valence electrons. The van der Waals surface area contributed by atoms with E-state index in [9.17, 15) is 0 Å². The molecule has 6 rings (SSSR count). The van der Waals surface area contributed by atoms with E-state index < -0.39 is 0 Å². The van der Waals surface area contributed by atoms with Crippen molar-refractivity contribution in [2.75, 3.05) is 19.6 Å². The van der Waals surface area contributed by atoms with Crippen LogP contribution in [0.25, 0.3) is 0 Å². The molecule has 2 bridgehead atoms. The first-order valence-corrected chi connectivity index (χ1v) is 10.4. The van der Waals surface area contributed by atoms with Gasteiger partial charge in [0.2, 0.25) is 5.89 Å². The van der Waals surface area contributed by atoms with Crippen LogP contribution in [0, 0.1) is 11.8 Å². The fourth-order valence-electron chi connectivity index (χ4n) is 5.43. The Hall–Kier alpha value is -1.68. The molecule has 26 heavy (non-hydrogen) atoms. The summed E-state index contributed by atoms with van der Waals surface area (Å²) in [5.74, 6) is 4.56. The number of rotatable bonds is 4. The minimum atomic E-state index is 0.504. The fraction of sp³-hybridized carbons (Fsp3) is 0.636. The lowest BCUT2D eigenvalue weighted by atomic mass is 9.77. The van der Waals surface area contributed by atoms with Gasteiger partial charge in [-0.15, -0.1) is 0 Å². The van der Waals surface area contributed by atoms with Crippen LogP contribution in [-0.4, -0.2) is 34.7 Å². The average Bonchev–Trinajstić information content (AvgIpc) is 3.18. The Labute approximate surface area is 156 Å². The zero-order valence-electron chi connectivity index (χ0n) is 15.5.